The summed E-state index contributed by atoms with van der Waals surface area (Å²) in [5.74, 6) is -1.62. The maximum Gasteiger partial charge on any atom is 0.293 e. The Morgan fingerprint density at radius 1 is 1.19 bits per heavy atom. The molecule has 1 aliphatic rings. The summed E-state index contributed by atoms with van der Waals surface area (Å²) >= 11 is 9.86. The summed E-state index contributed by atoms with van der Waals surface area (Å²) in [6.07, 6.45) is 1.23. The van der Waals surface area contributed by atoms with E-state index in [4.69, 9.17) is 11.6 Å². The number of ketones is 1. The number of nitrogens with zero attached hydrogens (tertiary/aromatic N) is 1. The first-order valence-corrected chi connectivity index (χ1v) is 9.33. The van der Waals surface area contributed by atoms with Crippen molar-refractivity contribution in [3.63, 3.8) is 0 Å². The molecule has 2 amide bonds. The summed E-state index contributed by atoms with van der Waals surface area (Å²) in [6.45, 7) is -0.380. The molecule has 3 rings (SSSR count). The maximum atomic E-state index is 13.9. The summed E-state index contributed by atoms with van der Waals surface area (Å²) in [6, 6.07) is 10.7. The topological polar surface area (TPSA) is 54.5 Å². The number of hydrogen-bond donors (Lipinski definition) is 0. The second-order valence-corrected chi connectivity index (χ2v) is 7.65. The summed E-state index contributed by atoms with van der Waals surface area (Å²) in [4.78, 5) is 37.7. The Balaban J connectivity index is 1.82. The van der Waals surface area contributed by atoms with Crippen molar-refractivity contribution in [1.29, 1.82) is 0 Å². The fraction of sp³-hybridized carbons (Fsp3) is 0.0556. The molecule has 0 spiro atoms. The van der Waals surface area contributed by atoms with Crippen molar-refractivity contribution in [1.82, 2.24) is 4.90 Å². The molecule has 0 atom stereocenters. The van der Waals surface area contributed by atoms with Gasteiger partial charge in [-0.2, -0.15) is 0 Å². The fourth-order valence-corrected chi connectivity index (χ4v) is 3.59. The smallest absolute Gasteiger partial charge is 0.292 e. The van der Waals surface area contributed by atoms with Gasteiger partial charge in [0.2, 0.25) is 0 Å². The molecule has 2 aromatic rings. The van der Waals surface area contributed by atoms with Crippen LogP contribution in [0.5, 0.6) is 0 Å². The average Bonchev–Trinajstić information content (AvgIpc) is 2.86. The average molecular weight is 455 g/mol. The third kappa shape index (κ3) is 3.90. The van der Waals surface area contributed by atoms with Crippen LogP contribution in [0.25, 0.3) is 6.08 Å². The van der Waals surface area contributed by atoms with Crippen molar-refractivity contribution in [3.8, 4) is 0 Å². The molecule has 0 aliphatic carbocycles. The number of hydrogen-bond acceptors (Lipinski definition) is 4. The Morgan fingerprint density at radius 2 is 1.88 bits per heavy atom. The molecule has 0 saturated carbocycles. The number of benzene rings is 2. The standard InChI is InChI=1S/C18H10BrClFNO3S/c19-11-6-4-10(5-7-11)15(23)9-22-17(24)16(26-18(22)25)8-12-13(20)2-1-3-14(12)21/h1-8H,9H2/b16-8-. The van der Waals surface area contributed by atoms with Crippen LogP contribution >= 0.6 is 39.3 Å². The lowest BCUT2D eigenvalue weighted by molar-refractivity contribution is -0.122. The van der Waals surface area contributed by atoms with Gasteiger partial charge >= 0.3 is 0 Å². The van der Waals surface area contributed by atoms with Gasteiger partial charge in [0.1, 0.15) is 5.82 Å². The molecule has 1 saturated heterocycles. The van der Waals surface area contributed by atoms with Crippen LogP contribution in [0.4, 0.5) is 9.18 Å². The molecule has 1 aliphatic heterocycles. The van der Waals surface area contributed by atoms with Gasteiger partial charge in [0.15, 0.2) is 5.78 Å². The second kappa shape index (κ2) is 7.73. The number of halogens is 3. The van der Waals surface area contributed by atoms with Gasteiger partial charge in [-0.15, -0.1) is 0 Å². The molecule has 26 heavy (non-hydrogen) atoms. The van der Waals surface area contributed by atoms with Gasteiger partial charge in [-0.25, -0.2) is 4.39 Å². The summed E-state index contributed by atoms with van der Waals surface area (Å²) in [7, 11) is 0. The molecular weight excluding hydrogens is 445 g/mol. The van der Waals surface area contributed by atoms with E-state index in [0.717, 1.165) is 9.37 Å². The maximum absolute atomic E-state index is 13.9. The van der Waals surface area contributed by atoms with Gasteiger partial charge < -0.3 is 0 Å². The normalized spacial score (nSPS) is 15.8. The van der Waals surface area contributed by atoms with E-state index in [1.165, 1.54) is 24.3 Å². The van der Waals surface area contributed by atoms with Gasteiger partial charge in [0.25, 0.3) is 11.1 Å². The van der Waals surface area contributed by atoms with Gasteiger partial charge in [0.05, 0.1) is 16.5 Å². The van der Waals surface area contributed by atoms with Crippen molar-refractivity contribution < 1.29 is 18.8 Å². The van der Waals surface area contributed by atoms with Gasteiger partial charge in [-0.1, -0.05) is 45.7 Å². The molecule has 1 heterocycles. The number of Topliss-reactive ketones (excluding diaryl/α,β-unsaturated/α-hetero) is 1. The van der Waals surface area contributed by atoms with Crippen LogP contribution in [0.2, 0.25) is 5.02 Å². The highest BCUT2D eigenvalue weighted by molar-refractivity contribution is 9.10. The lowest BCUT2D eigenvalue weighted by Crippen LogP contribution is -2.33. The molecule has 2 aromatic carbocycles. The Bertz CT molecular complexity index is 926. The third-order valence-corrected chi connectivity index (χ3v) is 5.38. The summed E-state index contributed by atoms with van der Waals surface area (Å²) < 4.78 is 14.7. The van der Waals surface area contributed by atoms with Crippen LogP contribution in [-0.2, 0) is 4.79 Å². The minimum atomic E-state index is -0.648. The Kier molecular flexibility index (Phi) is 5.60. The largest absolute Gasteiger partial charge is 0.293 e. The minimum Gasteiger partial charge on any atom is -0.292 e. The molecule has 0 aromatic heterocycles. The van der Waals surface area contributed by atoms with Gasteiger partial charge in [-0.05, 0) is 42.1 Å². The van der Waals surface area contributed by atoms with E-state index in [-0.39, 0.29) is 27.8 Å². The molecule has 4 nitrogen and oxygen atoms in total. The zero-order valence-corrected chi connectivity index (χ0v) is 16.2. The Hall–Kier alpha value is -1.96. The van der Waals surface area contributed by atoms with E-state index in [1.807, 2.05) is 0 Å². The molecular formula is C18H10BrClFNO3S. The molecule has 0 unspecified atom stereocenters. The Labute approximate surface area is 166 Å². The monoisotopic (exact) mass is 453 g/mol. The lowest BCUT2D eigenvalue weighted by atomic mass is 10.1. The molecule has 1 fully saturated rings. The molecule has 0 bridgehead atoms. The lowest BCUT2D eigenvalue weighted by Gasteiger charge is -2.11. The van der Waals surface area contributed by atoms with Crippen LogP contribution in [0.3, 0.4) is 0 Å². The summed E-state index contributed by atoms with van der Waals surface area (Å²) in [5.41, 5.74) is 0.410. The number of imide groups is 1. The SMILES string of the molecule is O=C(CN1C(=O)S/C(=C\c2c(F)cccc2Cl)C1=O)c1ccc(Br)cc1. The van der Waals surface area contributed by atoms with E-state index in [2.05, 4.69) is 15.9 Å². The highest BCUT2D eigenvalue weighted by Gasteiger charge is 2.36. The molecule has 0 radical (unpaired) electrons. The molecule has 0 N–H and O–H groups in total. The van der Waals surface area contributed by atoms with Crippen molar-refractivity contribution >= 4 is 62.3 Å². The number of carbonyl (C=O) groups is 3. The van der Waals surface area contributed by atoms with E-state index < -0.39 is 17.0 Å². The highest BCUT2D eigenvalue weighted by Crippen LogP contribution is 2.34. The predicted octanol–water partition coefficient (Wildman–Crippen LogP) is 5.16. The number of thioether (sulfide) groups is 1. The van der Waals surface area contributed by atoms with Crippen molar-refractivity contribution in [2.75, 3.05) is 6.54 Å². The van der Waals surface area contributed by atoms with Gasteiger partial charge in [-0.3, -0.25) is 19.3 Å². The van der Waals surface area contributed by atoms with Crippen molar-refractivity contribution in [2.45, 2.75) is 0 Å². The van der Waals surface area contributed by atoms with E-state index >= 15 is 0 Å². The number of amides is 2. The molecule has 132 valence electrons. The highest BCUT2D eigenvalue weighted by atomic mass is 79.9. The first-order valence-electron chi connectivity index (χ1n) is 7.35. The van der Waals surface area contributed by atoms with E-state index in [1.54, 1.807) is 24.3 Å². The number of rotatable bonds is 4. The first kappa shape index (κ1) is 18.8. The van der Waals surface area contributed by atoms with E-state index in [0.29, 0.717) is 17.3 Å². The fourth-order valence-electron chi connectivity index (χ4n) is 2.29. The second-order valence-electron chi connectivity index (χ2n) is 5.33. The quantitative estimate of drug-likeness (QED) is 0.473. The van der Waals surface area contributed by atoms with Crippen LogP contribution < -0.4 is 0 Å². The van der Waals surface area contributed by atoms with Crippen molar-refractivity contribution in [2.24, 2.45) is 0 Å². The van der Waals surface area contributed by atoms with Gasteiger partial charge in [0, 0.05) is 15.6 Å². The molecule has 8 heteroatoms. The van der Waals surface area contributed by atoms with Crippen LogP contribution in [-0.4, -0.2) is 28.4 Å². The summed E-state index contributed by atoms with van der Waals surface area (Å²) in [5, 5.41) is -0.457. The zero-order chi connectivity index (χ0) is 18.8. The minimum absolute atomic E-state index is 0.0191. The zero-order valence-electron chi connectivity index (χ0n) is 13.0. The van der Waals surface area contributed by atoms with E-state index in [9.17, 15) is 18.8 Å². The predicted molar refractivity (Wildman–Crippen MR) is 103 cm³/mol. The third-order valence-electron chi connectivity index (χ3n) is 3.62. The number of carbonyl (C=O) groups excluding carboxylic acids is 3. The van der Waals surface area contributed by atoms with Crippen molar-refractivity contribution in [3.05, 3.63) is 73.8 Å². The Morgan fingerprint density at radius 3 is 2.54 bits per heavy atom. The van der Waals surface area contributed by atoms with Crippen LogP contribution in [0, 0.1) is 5.82 Å². The van der Waals surface area contributed by atoms with Crippen LogP contribution in [0.15, 0.2) is 51.8 Å². The van der Waals surface area contributed by atoms with Crippen LogP contribution in [0.1, 0.15) is 15.9 Å². The first-order chi connectivity index (χ1) is 12.4.